The van der Waals surface area contributed by atoms with Gasteiger partial charge in [0.25, 0.3) is 5.91 Å². The summed E-state index contributed by atoms with van der Waals surface area (Å²) in [5.74, 6) is -0.325. The van der Waals surface area contributed by atoms with E-state index in [9.17, 15) is 14.8 Å². The summed E-state index contributed by atoms with van der Waals surface area (Å²) in [6.07, 6.45) is 36.5. The Bertz CT molecular complexity index is 1040. The molecule has 0 saturated carbocycles. The van der Waals surface area contributed by atoms with E-state index in [-0.39, 0.29) is 17.5 Å². The summed E-state index contributed by atoms with van der Waals surface area (Å²) in [6.45, 7) is 6.12. The molecule has 0 bridgehead atoms. The van der Waals surface area contributed by atoms with Crippen LogP contribution >= 0.6 is 0 Å². The lowest BCUT2D eigenvalue weighted by Gasteiger charge is -2.07. The second-order valence-corrected chi connectivity index (χ2v) is 9.40. The highest BCUT2D eigenvalue weighted by molar-refractivity contribution is 5.91. The van der Waals surface area contributed by atoms with Crippen molar-refractivity contribution < 1.29 is 14.3 Å². The highest BCUT2D eigenvalue weighted by Gasteiger charge is 2.11. The van der Waals surface area contributed by atoms with Crippen molar-refractivity contribution >= 4 is 11.8 Å². The first-order chi connectivity index (χ1) is 20.0. The van der Waals surface area contributed by atoms with Gasteiger partial charge >= 0.3 is 0 Å². The fourth-order valence-corrected chi connectivity index (χ4v) is 3.45. The molecule has 8 heteroatoms. The Kier molecular flexibility index (Phi) is 21.7. The van der Waals surface area contributed by atoms with Gasteiger partial charge in [0.05, 0.1) is 6.20 Å². The van der Waals surface area contributed by atoms with E-state index in [0.29, 0.717) is 36.5 Å². The quantitative estimate of drug-likeness (QED) is 0.0765. The Morgan fingerprint density at radius 3 is 1.90 bits per heavy atom. The Labute approximate surface area is 246 Å². The molecule has 1 aromatic heterocycles. The van der Waals surface area contributed by atoms with Gasteiger partial charge in [-0.1, -0.05) is 79.8 Å². The molecule has 0 atom stereocenters. The van der Waals surface area contributed by atoms with Crippen LogP contribution in [-0.2, 0) is 4.79 Å². The number of aryl methyl sites for hydroxylation is 1. The van der Waals surface area contributed by atoms with Crippen LogP contribution in [0.4, 0.5) is 0 Å². The molecule has 41 heavy (non-hydrogen) atoms. The van der Waals surface area contributed by atoms with Crippen molar-refractivity contribution in [1.82, 2.24) is 20.9 Å². The summed E-state index contributed by atoms with van der Waals surface area (Å²) in [4.78, 5) is 27.9. The zero-order valence-electron chi connectivity index (χ0n) is 24.9. The number of carbonyl (C=O) groups is 2. The topological polar surface area (TPSA) is 110 Å². The van der Waals surface area contributed by atoms with Gasteiger partial charge in [-0.3, -0.25) is 9.59 Å². The maximum absolute atomic E-state index is 12.0. The van der Waals surface area contributed by atoms with E-state index in [1.165, 1.54) is 12.4 Å². The van der Waals surface area contributed by atoms with Crippen LogP contribution in [-0.4, -0.2) is 43.0 Å². The molecular weight excluding hydrogens is 514 g/mol. The van der Waals surface area contributed by atoms with Crippen LogP contribution in [0.3, 0.4) is 0 Å². The van der Waals surface area contributed by atoms with E-state index in [2.05, 4.69) is 101 Å². The molecule has 0 aliphatic heterocycles. The number of allylic oxidation sites excluding steroid dienone is 12. The third kappa shape index (κ3) is 20.7. The van der Waals surface area contributed by atoms with Crippen molar-refractivity contribution in [3.63, 3.8) is 0 Å². The number of nitrogens with one attached hydrogen (secondary N) is 3. The Hall–Kier alpha value is -3.78. The van der Waals surface area contributed by atoms with Crippen molar-refractivity contribution in [2.75, 3.05) is 26.2 Å². The molecule has 1 heterocycles. The third-order valence-corrected chi connectivity index (χ3v) is 5.78. The van der Waals surface area contributed by atoms with E-state index < -0.39 is 0 Å². The Balaban J connectivity index is 1.93. The van der Waals surface area contributed by atoms with E-state index in [1.54, 1.807) is 6.92 Å². The summed E-state index contributed by atoms with van der Waals surface area (Å²) in [5, 5.41) is 20.4. The molecule has 0 aliphatic rings. The number of nitrogens with zero attached hydrogens (tertiary/aromatic N) is 2. The minimum Gasteiger partial charge on any atom is -0.618 e. The summed E-state index contributed by atoms with van der Waals surface area (Å²) in [6, 6.07) is 0. The SMILES string of the molecule is CC/C=C\C/C=C\C/C=C\C/C=C\C/C=C\C/C=C\CCC(=O)NCCCNCCNC(=O)c1c[n+]([O-])c(C)cn1. The molecule has 0 unspecified atom stereocenters. The largest absolute Gasteiger partial charge is 0.618 e. The lowest BCUT2D eigenvalue weighted by molar-refractivity contribution is -0.613. The van der Waals surface area contributed by atoms with Crippen molar-refractivity contribution in [1.29, 1.82) is 0 Å². The molecule has 1 aromatic rings. The average Bonchev–Trinajstić information content (AvgIpc) is 2.97. The summed E-state index contributed by atoms with van der Waals surface area (Å²) >= 11 is 0. The van der Waals surface area contributed by atoms with Crippen LogP contribution in [0.2, 0.25) is 0 Å². The van der Waals surface area contributed by atoms with Gasteiger partial charge in [-0.2, -0.15) is 4.73 Å². The fraction of sp³-hybridized carbons (Fsp3) is 0.455. The number of amides is 2. The molecule has 1 rings (SSSR count). The van der Waals surface area contributed by atoms with Crippen LogP contribution in [0.15, 0.2) is 85.3 Å². The zero-order chi connectivity index (χ0) is 29.8. The maximum Gasteiger partial charge on any atom is 0.276 e. The number of carbonyl (C=O) groups excluding carboxylic acids is 2. The summed E-state index contributed by atoms with van der Waals surface area (Å²) < 4.78 is 0.623. The van der Waals surface area contributed by atoms with E-state index in [1.807, 2.05) is 0 Å². The number of aromatic nitrogens is 2. The summed E-state index contributed by atoms with van der Waals surface area (Å²) in [7, 11) is 0. The van der Waals surface area contributed by atoms with Crippen LogP contribution in [0, 0.1) is 12.1 Å². The second kappa shape index (κ2) is 25.2. The normalized spacial score (nSPS) is 12.2. The minimum atomic E-state index is -0.379. The Morgan fingerprint density at radius 2 is 1.34 bits per heavy atom. The first-order valence-corrected chi connectivity index (χ1v) is 14.8. The van der Waals surface area contributed by atoms with Crippen LogP contribution in [0.1, 0.15) is 80.9 Å². The molecule has 0 saturated heterocycles. The van der Waals surface area contributed by atoms with Crippen LogP contribution < -0.4 is 20.7 Å². The van der Waals surface area contributed by atoms with Gasteiger partial charge in [0.2, 0.25) is 17.8 Å². The molecule has 3 N–H and O–H groups in total. The summed E-state index contributed by atoms with van der Waals surface area (Å²) in [5.41, 5.74) is 0.529. The van der Waals surface area contributed by atoms with Gasteiger partial charge in [0.1, 0.15) is 0 Å². The van der Waals surface area contributed by atoms with E-state index in [0.717, 1.165) is 57.9 Å². The molecule has 2 amide bonds. The zero-order valence-corrected chi connectivity index (χ0v) is 24.9. The van der Waals surface area contributed by atoms with Gasteiger partial charge in [0, 0.05) is 33.0 Å². The third-order valence-electron chi connectivity index (χ3n) is 5.78. The molecular formula is C33H49N5O3. The number of rotatable bonds is 22. The fourth-order valence-electron chi connectivity index (χ4n) is 3.45. The first kappa shape index (κ1) is 35.2. The number of hydrogen-bond donors (Lipinski definition) is 3. The molecule has 0 spiro atoms. The highest BCUT2D eigenvalue weighted by atomic mass is 16.5. The average molecular weight is 564 g/mol. The van der Waals surface area contributed by atoms with Crippen LogP contribution in [0.25, 0.3) is 0 Å². The minimum absolute atomic E-state index is 0.0537. The predicted molar refractivity (Wildman–Crippen MR) is 168 cm³/mol. The molecule has 8 nitrogen and oxygen atoms in total. The van der Waals surface area contributed by atoms with Gasteiger partial charge in [-0.05, 0) is 57.9 Å². The standard InChI is InChI=1S/C33H49N5O3/c1-3-4-5-6-7-8-9-10-11-12-13-14-15-16-17-18-19-20-21-23-32(39)35-25-22-24-34-26-27-36-33(40)31-29-38(41)30(2)28-37-31/h4-5,7-8,10-11,13-14,16-17,19-20,28-29,34H,3,6,9,12,15,18,21-27H2,1-2H3,(H,35,39)(H,36,40)/b5-4-,8-7-,11-10-,14-13-,17-16-,20-19-. The number of hydrogen-bond acceptors (Lipinski definition) is 5. The van der Waals surface area contributed by atoms with Crippen molar-refractivity contribution in [3.05, 3.63) is 102 Å². The highest BCUT2D eigenvalue weighted by Crippen LogP contribution is 1.98. The van der Waals surface area contributed by atoms with Crippen molar-refractivity contribution in [3.8, 4) is 0 Å². The van der Waals surface area contributed by atoms with Gasteiger partial charge < -0.3 is 21.2 Å². The van der Waals surface area contributed by atoms with Gasteiger partial charge in [-0.15, -0.1) is 0 Å². The molecule has 0 aliphatic carbocycles. The first-order valence-electron chi connectivity index (χ1n) is 14.8. The monoisotopic (exact) mass is 563 g/mol. The smallest absolute Gasteiger partial charge is 0.276 e. The molecule has 0 radical (unpaired) electrons. The second-order valence-electron chi connectivity index (χ2n) is 9.40. The Morgan fingerprint density at radius 1 is 0.780 bits per heavy atom. The van der Waals surface area contributed by atoms with Gasteiger partial charge in [0.15, 0.2) is 5.69 Å². The lowest BCUT2D eigenvalue weighted by Crippen LogP contribution is -2.36. The maximum atomic E-state index is 12.0. The predicted octanol–water partition coefficient (Wildman–Crippen LogP) is 5.33. The lowest BCUT2D eigenvalue weighted by atomic mass is 10.2. The van der Waals surface area contributed by atoms with E-state index in [4.69, 9.17) is 0 Å². The van der Waals surface area contributed by atoms with E-state index >= 15 is 0 Å². The van der Waals surface area contributed by atoms with Crippen molar-refractivity contribution in [2.24, 2.45) is 0 Å². The molecule has 0 aromatic carbocycles. The molecule has 224 valence electrons. The molecule has 0 fully saturated rings. The van der Waals surface area contributed by atoms with Crippen LogP contribution in [0.5, 0.6) is 0 Å². The van der Waals surface area contributed by atoms with Crippen molar-refractivity contribution in [2.45, 2.75) is 71.6 Å². The van der Waals surface area contributed by atoms with Gasteiger partial charge in [-0.25, -0.2) is 4.98 Å².